The van der Waals surface area contributed by atoms with Crippen LogP contribution in [0, 0.1) is 0 Å². The number of hydrogen-bond donors (Lipinski definition) is 1. The van der Waals surface area contributed by atoms with Crippen LogP contribution in [0.15, 0.2) is 18.2 Å². The summed E-state index contributed by atoms with van der Waals surface area (Å²) in [6.45, 7) is 11.6. The highest BCUT2D eigenvalue weighted by molar-refractivity contribution is 5.91. The van der Waals surface area contributed by atoms with Gasteiger partial charge >= 0.3 is 6.09 Å². The highest BCUT2D eigenvalue weighted by Gasteiger charge is 2.30. The van der Waals surface area contributed by atoms with Crippen molar-refractivity contribution in [2.75, 3.05) is 11.4 Å². The lowest BCUT2D eigenvalue weighted by molar-refractivity contribution is 0.0583. The molecule has 0 aliphatic carbocycles. The summed E-state index contributed by atoms with van der Waals surface area (Å²) in [6.07, 6.45) is 2.98. The highest BCUT2D eigenvalue weighted by Crippen LogP contribution is 2.33. The molecule has 128 valence electrons. The van der Waals surface area contributed by atoms with Crippen LogP contribution in [0.4, 0.5) is 10.5 Å². The maximum absolute atomic E-state index is 12.5. The van der Waals surface area contributed by atoms with Crippen LogP contribution >= 0.6 is 0 Å². The quantitative estimate of drug-likeness (QED) is 0.882. The van der Waals surface area contributed by atoms with Gasteiger partial charge in [-0.05, 0) is 51.7 Å². The van der Waals surface area contributed by atoms with E-state index in [9.17, 15) is 4.79 Å². The predicted octanol–water partition coefficient (Wildman–Crippen LogP) is 4.26. The Bertz CT molecular complexity index is 549. The van der Waals surface area contributed by atoms with Crippen LogP contribution in [0.2, 0.25) is 0 Å². The van der Waals surface area contributed by atoms with E-state index in [4.69, 9.17) is 4.74 Å². The molecule has 1 N–H and O–H groups in total. The van der Waals surface area contributed by atoms with Crippen LogP contribution in [0.5, 0.6) is 0 Å². The van der Waals surface area contributed by atoms with Gasteiger partial charge in [0.15, 0.2) is 0 Å². The fraction of sp³-hybridized carbons (Fsp3) is 0.632. The second-order valence-corrected chi connectivity index (χ2v) is 7.38. The summed E-state index contributed by atoms with van der Waals surface area (Å²) in [5, 5.41) is 3.56. The molecule has 0 radical (unpaired) electrons. The molecule has 23 heavy (non-hydrogen) atoms. The van der Waals surface area contributed by atoms with E-state index in [2.05, 4.69) is 37.4 Å². The summed E-state index contributed by atoms with van der Waals surface area (Å²) in [6, 6.07) is 6.78. The van der Waals surface area contributed by atoms with Crippen LogP contribution in [-0.4, -0.2) is 24.3 Å². The van der Waals surface area contributed by atoms with Gasteiger partial charge in [-0.1, -0.05) is 31.5 Å². The molecular formula is C19H30N2O2. The Morgan fingerprint density at radius 2 is 2.13 bits per heavy atom. The number of carbonyl (C=O) groups is 1. The maximum Gasteiger partial charge on any atom is 0.414 e. The number of rotatable bonds is 5. The van der Waals surface area contributed by atoms with Gasteiger partial charge < -0.3 is 10.1 Å². The zero-order valence-electron chi connectivity index (χ0n) is 15.1. The van der Waals surface area contributed by atoms with Gasteiger partial charge in [0.25, 0.3) is 0 Å². The monoisotopic (exact) mass is 318 g/mol. The second-order valence-electron chi connectivity index (χ2n) is 7.38. The fourth-order valence-corrected chi connectivity index (χ4v) is 3.00. The molecular weight excluding hydrogens is 288 g/mol. The van der Waals surface area contributed by atoms with Crippen LogP contribution < -0.4 is 10.2 Å². The first-order valence-corrected chi connectivity index (χ1v) is 8.66. The molecule has 0 fully saturated rings. The molecule has 1 atom stereocenters. The molecule has 0 aromatic heterocycles. The lowest BCUT2D eigenvalue weighted by Gasteiger charge is -2.26. The molecule has 4 heteroatoms. The third-order valence-corrected chi connectivity index (χ3v) is 4.05. The molecule has 1 amide bonds. The van der Waals surface area contributed by atoms with Gasteiger partial charge in [0.05, 0.1) is 5.69 Å². The van der Waals surface area contributed by atoms with Gasteiger partial charge in [-0.15, -0.1) is 0 Å². The first kappa shape index (κ1) is 17.8. The standard InChI is InChI=1S/C19H30N2O2/c1-6-8-14(2)20-13-16-10-7-9-15-11-12-21(17(15)16)18(22)23-19(3,4)5/h7,9-10,14,20H,6,8,11-13H2,1-5H3. The highest BCUT2D eigenvalue weighted by atomic mass is 16.6. The number of fused-ring (bicyclic) bond motifs is 1. The molecule has 1 aromatic rings. The first-order chi connectivity index (χ1) is 10.8. The predicted molar refractivity (Wildman–Crippen MR) is 94.9 cm³/mol. The van der Waals surface area contributed by atoms with Crippen molar-refractivity contribution < 1.29 is 9.53 Å². The van der Waals surface area contributed by atoms with E-state index in [1.54, 1.807) is 4.90 Å². The average Bonchev–Trinajstić information content (AvgIpc) is 2.88. The summed E-state index contributed by atoms with van der Waals surface area (Å²) < 4.78 is 5.56. The van der Waals surface area contributed by atoms with E-state index in [0.717, 1.165) is 25.1 Å². The van der Waals surface area contributed by atoms with Gasteiger partial charge in [-0.25, -0.2) is 4.79 Å². The normalized spacial score (nSPS) is 15.4. The largest absolute Gasteiger partial charge is 0.443 e. The summed E-state index contributed by atoms with van der Waals surface area (Å²) in [5.41, 5.74) is 2.98. The summed E-state index contributed by atoms with van der Waals surface area (Å²) in [5.74, 6) is 0. The molecule has 1 aromatic carbocycles. The van der Waals surface area contributed by atoms with E-state index in [1.165, 1.54) is 17.5 Å². The van der Waals surface area contributed by atoms with Crippen molar-refractivity contribution in [3.8, 4) is 0 Å². The summed E-state index contributed by atoms with van der Waals surface area (Å²) >= 11 is 0. The molecule has 1 aliphatic rings. The number of para-hydroxylation sites is 1. The van der Waals surface area contributed by atoms with Gasteiger partial charge in [0, 0.05) is 19.1 Å². The number of anilines is 1. The minimum atomic E-state index is -0.470. The number of benzene rings is 1. The molecule has 2 rings (SSSR count). The Labute approximate surface area is 140 Å². The molecule has 0 spiro atoms. The summed E-state index contributed by atoms with van der Waals surface area (Å²) in [7, 11) is 0. The zero-order valence-corrected chi connectivity index (χ0v) is 15.1. The SMILES string of the molecule is CCCC(C)NCc1cccc2c1N(C(=O)OC(C)(C)C)CC2. The van der Waals surface area contributed by atoms with Crippen molar-refractivity contribution in [1.29, 1.82) is 0 Å². The second kappa shape index (κ2) is 7.35. The first-order valence-electron chi connectivity index (χ1n) is 8.66. The molecule has 1 aliphatic heterocycles. The maximum atomic E-state index is 12.5. The number of carbonyl (C=O) groups excluding carboxylic acids is 1. The Morgan fingerprint density at radius 1 is 1.39 bits per heavy atom. The van der Waals surface area contributed by atoms with Crippen molar-refractivity contribution in [1.82, 2.24) is 5.32 Å². The lowest BCUT2D eigenvalue weighted by atomic mass is 10.1. The topological polar surface area (TPSA) is 41.6 Å². The van der Waals surface area contributed by atoms with Crippen LogP contribution in [0.1, 0.15) is 58.6 Å². The van der Waals surface area contributed by atoms with Crippen molar-refractivity contribution >= 4 is 11.8 Å². The minimum Gasteiger partial charge on any atom is -0.443 e. The van der Waals surface area contributed by atoms with E-state index < -0.39 is 5.60 Å². The molecule has 1 unspecified atom stereocenters. The Hall–Kier alpha value is -1.55. The number of hydrogen-bond acceptors (Lipinski definition) is 3. The smallest absolute Gasteiger partial charge is 0.414 e. The van der Waals surface area contributed by atoms with Crippen molar-refractivity contribution in [3.05, 3.63) is 29.3 Å². The lowest BCUT2D eigenvalue weighted by Crippen LogP contribution is -2.36. The van der Waals surface area contributed by atoms with Gasteiger partial charge in [-0.2, -0.15) is 0 Å². The Morgan fingerprint density at radius 3 is 2.78 bits per heavy atom. The average molecular weight is 318 g/mol. The van der Waals surface area contributed by atoms with Crippen molar-refractivity contribution in [2.24, 2.45) is 0 Å². The van der Waals surface area contributed by atoms with E-state index in [-0.39, 0.29) is 6.09 Å². The van der Waals surface area contributed by atoms with Crippen LogP contribution in [-0.2, 0) is 17.7 Å². The van der Waals surface area contributed by atoms with E-state index in [1.807, 2.05) is 20.8 Å². The third kappa shape index (κ3) is 4.71. The number of nitrogens with one attached hydrogen (secondary N) is 1. The number of ether oxygens (including phenoxy) is 1. The Balaban J connectivity index is 2.15. The van der Waals surface area contributed by atoms with Crippen molar-refractivity contribution in [2.45, 2.75) is 72.1 Å². The Kier molecular flexibility index (Phi) is 5.69. The van der Waals surface area contributed by atoms with Crippen LogP contribution in [0.3, 0.4) is 0 Å². The summed E-state index contributed by atoms with van der Waals surface area (Å²) in [4.78, 5) is 14.3. The van der Waals surface area contributed by atoms with Gasteiger partial charge in [-0.3, -0.25) is 4.90 Å². The number of amides is 1. The fourth-order valence-electron chi connectivity index (χ4n) is 3.00. The number of nitrogens with zero attached hydrogens (tertiary/aromatic N) is 1. The van der Waals surface area contributed by atoms with Crippen molar-refractivity contribution in [3.63, 3.8) is 0 Å². The molecule has 0 saturated carbocycles. The third-order valence-electron chi connectivity index (χ3n) is 4.05. The van der Waals surface area contributed by atoms with E-state index in [0.29, 0.717) is 12.6 Å². The molecule has 0 bridgehead atoms. The molecule has 0 saturated heterocycles. The van der Waals surface area contributed by atoms with Gasteiger partial charge in [0.2, 0.25) is 0 Å². The minimum absolute atomic E-state index is 0.245. The zero-order chi connectivity index (χ0) is 17.0. The van der Waals surface area contributed by atoms with E-state index >= 15 is 0 Å². The molecule has 4 nitrogen and oxygen atoms in total. The molecule has 1 heterocycles. The van der Waals surface area contributed by atoms with Crippen LogP contribution in [0.25, 0.3) is 0 Å². The van der Waals surface area contributed by atoms with Gasteiger partial charge in [0.1, 0.15) is 5.60 Å².